The molecule has 4 aliphatic carbocycles. The fourth-order valence-corrected chi connectivity index (χ4v) is 6.10. The van der Waals surface area contributed by atoms with E-state index < -0.39 is 0 Å². The molecule has 4 fully saturated rings. The van der Waals surface area contributed by atoms with Crippen molar-refractivity contribution in [2.75, 3.05) is 6.61 Å². The summed E-state index contributed by atoms with van der Waals surface area (Å²) in [6.07, 6.45) is 7.90. The number of carbonyl (C=O) groups is 1. The van der Waals surface area contributed by atoms with Gasteiger partial charge in [-0.25, -0.2) is 0 Å². The van der Waals surface area contributed by atoms with Gasteiger partial charge < -0.3 is 9.57 Å². The Bertz CT molecular complexity index is 685. The number of carbonyl (C=O) groups excluding carboxylic acids is 1. The van der Waals surface area contributed by atoms with Gasteiger partial charge in [-0.3, -0.25) is 4.79 Å². The van der Waals surface area contributed by atoms with Crippen LogP contribution in [0, 0.1) is 23.2 Å². The van der Waals surface area contributed by atoms with Crippen molar-refractivity contribution in [1.29, 1.82) is 0 Å². The number of benzene rings is 1. The summed E-state index contributed by atoms with van der Waals surface area (Å²) in [5.74, 6) is 1.86. The first kappa shape index (κ1) is 18.5. The molecule has 0 amide bonds. The molecule has 146 valence electrons. The first-order valence-corrected chi connectivity index (χ1v) is 10.4. The highest BCUT2D eigenvalue weighted by molar-refractivity contribution is 5.89. The molecule has 0 aromatic heterocycles. The lowest BCUT2D eigenvalue weighted by atomic mass is 9.47. The van der Waals surface area contributed by atoms with Crippen molar-refractivity contribution in [2.24, 2.45) is 28.3 Å². The number of nitrogens with zero attached hydrogens (tertiary/aromatic N) is 1. The van der Waals surface area contributed by atoms with Gasteiger partial charge >= 0.3 is 5.97 Å². The molecule has 27 heavy (non-hydrogen) atoms. The van der Waals surface area contributed by atoms with E-state index in [1.165, 1.54) is 31.7 Å². The molecule has 0 saturated heterocycles. The third-order valence-electron chi connectivity index (χ3n) is 6.98. The van der Waals surface area contributed by atoms with E-state index in [1.807, 2.05) is 6.07 Å². The maximum absolute atomic E-state index is 11.7. The van der Waals surface area contributed by atoms with Crippen molar-refractivity contribution in [2.45, 2.75) is 64.9 Å². The van der Waals surface area contributed by atoms with Gasteiger partial charge in [0.1, 0.15) is 12.7 Å². The lowest BCUT2D eigenvalue weighted by Crippen LogP contribution is -2.60. The molecular formula is C23H31NO3. The smallest absolute Gasteiger partial charge is 0.302 e. The van der Waals surface area contributed by atoms with Crippen LogP contribution >= 0.6 is 0 Å². The van der Waals surface area contributed by atoms with E-state index >= 15 is 0 Å². The van der Waals surface area contributed by atoms with Crippen LogP contribution in [0.2, 0.25) is 0 Å². The maximum atomic E-state index is 11.7. The zero-order valence-corrected chi connectivity index (χ0v) is 16.5. The lowest BCUT2D eigenvalue weighted by molar-refractivity contribution is -0.177. The SMILES string of the molecule is CC(=O)OC1C2CC3CC(C2)CC1(/C(C)=N\OCCCc1ccccc1)C3. The summed E-state index contributed by atoms with van der Waals surface area (Å²) in [4.78, 5) is 17.4. The Morgan fingerprint density at radius 2 is 1.81 bits per heavy atom. The van der Waals surface area contributed by atoms with Crippen LogP contribution in [0.15, 0.2) is 35.5 Å². The molecule has 1 aromatic rings. The highest BCUT2D eigenvalue weighted by atomic mass is 16.6. The molecule has 4 saturated carbocycles. The predicted molar refractivity (Wildman–Crippen MR) is 105 cm³/mol. The largest absolute Gasteiger partial charge is 0.461 e. The van der Waals surface area contributed by atoms with E-state index in [0.717, 1.165) is 43.2 Å². The second kappa shape index (κ2) is 7.65. The van der Waals surface area contributed by atoms with Crippen LogP contribution in [-0.4, -0.2) is 24.4 Å². The zero-order valence-electron chi connectivity index (χ0n) is 16.5. The Kier molecular flexibility index (Phi) is 5.25. The minimum Gasteiger partial charge on any atom is -0.461 e. The number of esters is 1. The predicted octanol–water partition coefficient (Wildman–Crippen LogP) is 4.77. The molecule has 4 nitrogen and oxygen atoms in total. The van der Waals surface area contributed by atoms with Crippen LogP contribution < -0.4 is 0 Å². The van der Waals surface area contributed by atoms with Gasteiger partial charge in [0, 0.05) is 12.3 Å². The molecule has 0 N–H and O–H groups in total. The van der Waals surface area contributed by atoms with Crippen LogP contribution in [0.5, 0.6) is 0 Å². The van der Waals surface area contributed by atoms with Crippen LogP contribution in [0.3, 0.4) is 0 Å². The van der Waals surface area contributed by atoms with Gasteiger partial charge in [0.15, 0.2) is 0 Å². The fourth-order valence-electron chi connectivity index (χ4n) is 6.10. The van der Waals surface area contributed by atoms with E-state index in [9.17, 15) is 4.79 Å². The van der Waals surface area contributed by atoms with Gasteiger partial charge in [-0.2, -0.15) is 0 Å². The van der Waals surface area contributed by atoms with Crippen molar-refractivity contribution in [3.8, 4) is 0 Å². The van der Waals surface area contributed by atoms with Gasteiger partial charge in [0.25, 0.3) is 0 Å². The van der Waals surface area contributed by atoms with Gasteiger partial charge in [-0.15, -0.1) is 0 Å². The molecule has 1 aromatic carbocycles. The van der Waals surface area contributed by atoms with E-state index in [4.69, 9.17) is 9.57 Å². The average Bonchev–Trinajstić information content (AvgIpc) is 2.64. The van der Waals surface area contributed by atoms with Crippen LogP contribution in [0.25, 0.3) is 0 Å². The summed E-state index contributed by atoms with van der Waals surface area (Å²) < 4.78 is 5.86. The number of rotatable bonds is 7. The molecule has 4 heteroatoms. The highest BCUT2D eigenvalue weighted by Gasteiger charge is 2.60. The molecule has 0 heterocycles. The molecule has 5 rings (SSSR count). The quantitative estimate of drug-likeness (QED) is 0.301. The van der Waals surface area contributed by atoms with Crippen molar-refractivity contribution in [3.63, 3.8) is 0 Å². The van der Waals surface area contributed by atoms with Gasteiger partial charge in [0.05, 0.1) is 5.71 Å². The molecule has 4 aliphatic rings. The number of ether oxygens (including phenoxy) is 1. The van der Waals surface area contributed by atoms with E-state index in [1.54, 1.807) is 0 Å². The number of oxime groups is 1. The van der Waals surface area contributed by atoms with Crippen LogP contribution in [0.1, 0.15) is 57.9 Å². The summed E-state index contributed by atoms with van der Waals surface area (Å²) >= 11 is 0. The normalized spacial score (nSPS) is 34.5. The summed E-state index contributed by atoms with van der Waals surface area (Å²) in [7, 11) is 0. The summed E-state index contributed by atoms with van der Waals surface area (Å²) in [5, 5.41) is 4.53. The van der Waals surface area contributed by atoms with E-state index in [2.05, 4.69) is 36.3 Å². The average molecular weight is 370 g/mol. The Hall–Kier alpha value is -1.84. The summed E-state index contributed by atoms with van der Waals surface area (Å²) in [5.41, 5.74) is 2.27. The molecular weight excluding hydrogens is 338 g/mol. The van der Waals surface area contributed by atoms with E-state index in [-0.39, 0.29) is 17.5 Å². The third kappa shape index (κ3) is 3.76. The minimum atomic E-state index is -0.163. The van der Waals surface area contributed by atoms with Crippen molar-refractivity contribution >= 4 is 11.7 Å². The minimum absolute atomic E-state index is 0.0144. The Balaban J connectivity index is 1.40. The molecule has 4 bridgehead atoms. The summed E-state index contributed by atoms with van der Waals surface area (Å²) in [6.45, 7) is 4.24. The summed E-state index contributed by atoms with van der Waals surface area (Å²) in [6, 6.07) is 10.5. The second-order valence-corrected chi connectivity index (χ2v) is 8.89. The topological polar surface area (TPSA) is 47.9 Å². The molecule has 0 radical (unpaired) electrons. The number of hydrogen-bond donors (Lipinski definition) is 0. The monoisotopic (exact) mass is 369 g/mol. The lowest BCUT2D eigenvalue weighted by Gasteiger charge is -2.60. The van der Waals surface area contributed by atoms with Gasteiger partial charge in [0.2, 0.25) is 0 Å². The van der Waals surface area contributed by atoms with E-state index in [0.29, 0.717) is 12.5 Å². The maximum Gasteiger partial charge on any atom is 0.302 e. The van der Waals surface area contributed by atoms with Crippen molar-refractivity contribution in [3.05, 3.63) is 35.9 Å². The van der Waals surface area contributed by atoms with Crippen LogP contribution in [0.4, 0.5) is 0 Å². The molecule has 3 unspecified atom stereocenters. The first-order valence-electron chi connectivity index (χ1n) is 10.4. The second-order valence-electron chi connectivity index (χ2n) is 8.89. The Morgan fingerprint density at radius 1 is 1.11 bits per heavy atom. The molecule has 3 atom stereocenters. The fraction of sp³-hybridized carbons (Fsp3) is 0.652. The standard InChI is InChI=1S/C23H31NO3/c1-16(24-26-10-6-9-18-7-4-3-5-8-18)23-14-19-11-20(15-23)13-21(12-19)22(23)27-17(2)25/h3-5,7-8,19-22H,6,9-15H2,1-2H3/b24-16-. The zero-order chi connectivity index (χ0) is 18.9. The molecule has 0 spiro atoms. The van der Waals surface area contributed by atoms with Gasteiger partial charge in [-0.1, -0.05) is 35.5 Å². The first-order chi connectivity index (χ1) is 13.1. The number of aryl methyl sites for hydroxylation is 1. The van der Waals surface area contributed by atoms with Crippen molar-refractivity contribution < 1.29 is 14.4 Å². The highest BCUT2D eigenvalue weighted by Crippen LogP contribution is 2.61. The molecule has 0 aliphatic heterocycles. The van der Waals surface area contributed by atoms with Crippen LogP contribution in [-0.2, 0) is 20.8 Å². The number of hydrogen-bond acceptors (Lipinski definition) is 4. The Morgan fingerprint density at radius 3 is 2.48 bits per heavy atom. The third-order valence-corrected chi connectivity index (χ3v) is 6.98. The van der Waals surface area contributed by atoms with Gasteiger partial charge in [-0.05, 0) is 75.2 Å². The van der Waals surface area contributed by atoms with Crippen molar-refractivity contribution in [1.82, 2.24) is 0 Å². The Labute approximate surface area is 162 Å².